The van der Waals surface area contributed by atoms with E-state index in [2.05, 4.69) is 43.2 Å². The molecule has 0 aromatic heterocycles. The first kappa shape index (κ1) is 23.7. The number of rotatable bonds is 4. The van der Waals surface area contributed by atoms with Crippen LogP contribution in [0.25, 0.3) is 5.70 Å². The average molecular weight is 459 g/mol. The monoisotopic (exact) mass is 458 g/mol. The van der Waals surface area contributed by atoms with E-state index in [1.807, 2.05) is 43.4 Å². The van der Waals surface area contributed by atoms with E-state index in [1.54, 1.807) is 0 Å². The van der Waals surface area contributed by atoms with Crippen LogP contribution in [0.15, 0.2) is 55.1 Å². The van der Waals surface area contributed by atoms with Crippen molar-refractivity contribution in [2.24, 2.45) is 11.3 Å². The number of hydrogen-bond acceptors (Lipinski definition) is 2. The lowest BCUT2D eigenvalue weighted by Crippen LogP contribution is -2.39. The summed E-state index contributed by atoms with van der Waals surface area (Å²) in [6.45, 7) is 8.28. The Bertz CT molecular complexity index is 930. The fourth-order valence-corrected chi connectivity index (χ4v) is 5.65. The molecule has 4 atom stereocenters. The Morgan fingerprint density at radius 3 is 2.48 bits per heavy atom. The summed E-state index contributed by atoms with van der Waals surface area (Å²) < 4.78 is 0. The van der Waals surface area contributed by atoms with Crippen LogP contribution in [0, 0.1) is 11.3 Å². The van der Waals surface area contributed by atoms with Crippen LogP contribution in [0.5, 0.6) is 0 Å². The Kier molecular flexibility index (Phi) is 7.72. The van der Waals surface area contributed by atoms with E-state index < -0.39 is 0 Å². The molecule has 4 rings (SSSR count). The quantitative estimate of drug-likeness (QED) is 0.536. The Morgan fingerprint density at radius 1 is 1.23 bits per heavy atom. The van der Waals surface area contributed by atoms with Crippen LogP contribution in [0.3, 0.4) is 0 Å². The second-order valence-electron chi connectivity index (χ2n) is 8.61. The molecule has 3 nitrogen and oxygen atoms in total. The molecule has 0 radical (unpaired) electrons. The van der Waals surface area contributed by atoms with Crippen LogP contribution < -0.4 is 10.6 Å². The standard InChI is InChI=1S/C20H27ClN2O.C6H5Cl/c1-5-20-9-8-15(10-17(20)13(3)23-19(20)24)16-7-6-14(11-18(16)21)12(2)22-4;7-6-4-2-1-3-5-6/h6-7,11,13,15,17,22H,2,5,8-10H2,1,3-4H3,(H,23,24);1-5H. The minimum atomic E-state index is -0.164. The summed E-state index contributed by atoms with van der Waals surface area (Å²) in [5.74, 6) is 1.08. The second kappa shape index (κ2) is 10.1. The van der Waals surface area contributed by atoms with Crippen molar-refractivity contribution in [2.45, 2.75) is 51.5 Å². The number of amides is 1. The van der Waals surface area contributed by atoms with Crippen LogP contribution in [0.2, 0.25) is 10.0 Å². The smallest absolute Gasteiger partial charge is 0.226 e. The van der Waals surface area contributed by atoms with Crippen LogP contribution in [0.1, 0.15) is 56.6 Å². The van der Waals surface area contributed by atoms with Crippen molar-refractivity contribution in [3.05, 3.63) is 76.3 Å². The highest BCUT2D eigenvalue weighted by atomic mass is 35.5. The molecule has 1 aliphatic heterocycles. The molecule has 0 spiro atoms. The third-order valence-corrected chi connectivity index (χ3v) is 7.64. The molecule has 2 fully saturated rings. The molecule has 1 amide bonds. The lowest BCUT2D eigenvalue weighted by molar-refractivity contribution is -0.130. The minimum Gasteiger partial charge on any atom is -0.388 e. The maximum absolute atomic E-state index is 12.5. The largest absolute Gasteiger partial charge is 0.388 e. The summed E-state index contributed by atoms with van der Waals surface area (Å²) in [4.78, 5) is 12.5. The van der Waals surface area contributed by atoms with E-state index in [0.717, 1.165) is 47.0 Å². The van der Waals surface area contributed by atoms with Crippen LogP contribution in [0.4, 0.5) is 0 Å². The second-order valence-corrected chi connectivity index (χ2v) is 9.45. The molecule has 0 bridgehead atoms. The summed E-state index contributed by atoms with van der Waals surface area (Å²) >= 11 is 12.1. The third-order valence-electron chi connectivity index (χ3n) is 7.06. The highest BCUT2D eigenvalue weighted by Crippen LogP contribution is 2.54. The van der Waals surface area contributed by atoms with E-state index in [0.29, 0.717) is 11.8 Å². The van der Waals surface area contributed by atoms with Gasteiger partial charge in [0.2, 0.25) is 5.91 Å². The van der Waals surface area contributed by atoms with Crippen molar-refractivity contribution in [3.8, 4) is 0 Å². The van der Waals surface area contributed by atoms with Crippen molar-refractivity contribution in [2.75, 3.05) is 7.05 Å². The minimum absolute atomic E-state index is 0.164. The Morgan fingerprint density at radius 2 is 1.94 bits per heavy atom. The molecule has 2 aliphatic rings. The van der Waals surface area contributed by atoms with Gasteiger partial charge in [0.1, 0.15) is 0 Å². The molecule has 31 heavy (non-hydrogen) atoms. The molecule has 2 aromatic rings. The van der Waals surface area contributed by atoms with Gasteiger partial charge in [0.25, 0.3) is 0 Å². The molecule has 1 saturated carbocycles. The van der Waals surface area contributed by atoms with Crippen molar-refractivity contribution in [1.29, 1.82) is 0 Å². The molecular formula is C26H32Cl2N2O. The first-order valence-corrected chi connectivity index (χ1v) is 11.8. The highest BCUT2D eigenvalue weighted by molar-refractivity contribution is 6.31. The number of nitrogens with one attached hydrogen (secondary N) is 2. The lowest BCUT2D eigenvalue weighted by Gasteiger charge is -2.41. The van der Waals surface area contributed by atoms with Gasteiger partial charge in [-0.3, -0.25) is 4.79 Å². The SMILES string of the molecule is C=C(NC)c1ccc(C2CCC3(CC)C(=O)NC(C)C3C2)c(Cl)c1.Clc1ccccc1. The average Bonchev–Trinajstić information content (AvgIpc) is 3.03. The summed E-state index contributed by atoms with van der Waals surface area (Å²) in [7, 11) is 1.86. The topological polar surface area (TPSA) is 41.1 Å². The number of hydrogen-bond donors (Lipinski definition) is 2. The molecule has 2 aromatic carbocycles. The maximum Gasteiger partial charge on any atom is 0.226 e. The maximum atomic E-state index is 12.5. The van der Waals surface area contributed by atoms with E-state index >= 15 is 0 Å². The third kappa shape index (κ3) is 4.94. The van der Waals surface area contributed by atoms with E-state index in [4.69, 9.17) is 23.2 Å². The molecular weight excluding hydrogens is 427 g/mol. The summed E-state index contributed by atoms with van der Waals surface area (Å²) in [5, 5.41) is 7.84. The normalized spacial score (nSPS) is 26.9. The molecule has 166 valence electrons. The van der Waals surface area contributed by atoms with Crippen molar-refractivity contribution in [1.82, 2.24) is 10.6 Å². The Labute approximate surface area is 196 Å². The zero-order chi connectivity index (χ0) is 22.6. The van der Waals surface area contributed by atoms with Crippen LogP contribution in [-0.4, -0.2) is 19.0 Å². The fourth-order valence-electron chi connectivity index (χ4n) is 5.17. The molecule has 5 heteroatoms. The number of fused-ring (bicyclic) bond motifs is 1. The first-order chi connectivity index (χ1) is 14.8. The van der Waals surface area contributed by atoms with Gasteiger partial charge in [-0.05, 0) is 73.8 Å². The van der Waals surface area contributed by atoms with Gasteiger partial charge >= 0.3 is 0 Å². The van der Waals surface area contributed by atoms with Gasteiger partial charge < -0.3 is 10.6 Å². The Balaban J connectivity index is 0.000000330. The van der Waals surface area contributed by atoms with Gasteiger partial charge in [-0.15, -0.1) is 0 Å². The predicted molar refractivity (Wildman–Crippen MR) is 131 cm³/mol. The summed E-state index contributed by atoms with van der Waals surface area (Å²) in [5.41, 5.74) is 2.94. The van der Waals surface area contributed by atoms with Gasteiger partial charge in [-0.2, -0.15) is 0 Å². The van der Waals surface area contributed by atoms with Gasteiger partial charge in [0.05, 0.1) is 5.41 Å². The molecule has 4 unspecified atom stereocenters. The van der Waals surface area contributed by atoms with E-state index in [-0.39, 0.29) is 17.4 Å². The van der Waals surface area contributed by atoms with Crippen molar-refractivity contribution in [3.63, 3.8) is 0 Å². The van der Waals surface area contributed by atoms with Gasteiger partial charge in [-0.1, -0.05) is 67.0 Å². The Hall–Kier alpha value is -1.97. The van der Waals surface area contributed by atoms with E-state index in [1.165, 1.54) is 5.56 Å². The first-order valence-electron chi connectivity index (χ1n) is 11.0. The van der Waals surface area contributed by atoms with Crippen molar-refractivity contribution >= 4 is 34.8 Å². The zero-order valence-electron chi connectivity index (χ0n) is 18.6. The lowest BCUT2D eigenvalue weighted by atomic mass is 9.61. The molecule has 1 saturated heterocycles. The summed E-state index contributed by atoms with van der Waals surface area (Å²) in [6, 6.07) is 15.9. The highest BCUT2D eigenvalue weighted by Gasteiger charge is 2.54. The van der Waals surface area contributed by atoms with Crippen molar-refractivity contribution < 1.29 is 4.79 Å². The van der Waals surface area contributed by atoms with Crippen LogP contribution in [-0.2, 0) is 4.79 Å². The number of carbonyl (C=O) groups excluding carboxylic acids is 1. The van der Waals surface area contributed by atoms with Crippen LogP contribution >= 0.6 is 23.2 Å². The number of halogens is 2. The van der Waals surface area contributed by atoms with Gasteiger partial charge in [0.15, 0.2) is 0 Å². The zero-order valence-corrected chi connectivity index (χ0v) is 20.1. The number of carbonyl (C=O) groups is 1. The van der Waals surface area contributed by atoms with Gasteiger partial charge in [-0.25, -0.2) is 0 Å². The molecule has 1 aliphatic carbocycles. The van der Waals surface area contributed by atoms with E-state index in [9.17, 15) is 4.79 Å². The number of benzene rings is 2. The molecule has 2 N–H and O–H groups in total. The molecule has 1 heterocycles. The predicted octanol–water partition coefficient (Wildman–Crippen LogP) is 6.67. The van der Waals surface area contributed by atoms with Gasteiger partial charge in [0, 0.05) is 28.8 Å². The summed E-state index contributed by atoms with van der Waals surface area (Å²) in [6.07, 6.45) is 3.93. The fraction of sp³-hybridized carbons (Fsp3) is 0.423.